The van der Waals surface area contributed by atoms with E-state index in [0.717, 1.165) is 36.8 Å². The van der Waals surface area contributed by atoms with Gasteiger partial charge in [-0.25, -0.2) is 0 Å². The fourth-order valence-corrected chi connectivity index (χ4v) is 4.92. The monoisotopic (exact) mass is 455 g/mol. The standard InChI is InChI=1S/C28H25NO5/c1-16-6-13-23(31)22(14-16)29-25(18-9-11-21(30)12-10-18)24(27(33)28(29)34)26(32)20-8-7-17-4-2-3-5-19(17)15-20/h6-15,25,30-32H,2-5H2,1H3/b26-24-. The quantitative estimate of drug-likeness (QED) is 0.296. The molecule has 34 heavy (non-hydrogen) atoms. The van der Waals surface area contributed by atoms with Gasteiger partial charge in [-0.15, -0.1) is 0 Å². The highest BCUT2D eigenvalue weighted by Crippen LogP contribution is 2.45. The Morgan fingerprint density at radius 2 is 1.59 bits per heavy atom. The lowest BCUT2D eigenvalue weighted by molar-refractivity contribution is -0.132. The first-order chi connectivity index (χ1) is 16.3. The highest BCUT2D eigenvalue weighted by molar-refractivity contribution is 6.52. The average Bonchev–Trinajstić information content (AvgIpc) is 3.10. The predicted octanol–water partition coefficient (Wildman–Crippen LogP) is 4.91. The summed E-state index contributed by atoms with van der Waals surface area (Å²) in [6.45, 7) is 1.82. The lowest BCUT2D eigenvalue weighted by atomic mass is 9.88. The fraction of sp³-hybridized carbons (Fsp3) is 0.214. The number of ketones is 1. The highest BCUT2D eigenvalue weighted by Gasteiger charge is 2.47. The Bertz CT molecular complexity index is 1340. The molecule has 0 bridgehead atoms. The maximum absolute atomic E-state index is 13.3. The van der Waals surface area contributed by atoms with E-state index >= 15 is 0 Å². The molecular weight excluding hydrogens is 430 g/mol. The van der Waals surface area contributed by atoms with Crippen LogP contribution in [0.2, 0.25) is 0 Å². The largest absolute Gasteiger partial charge is 0.508 e. The third kappa shape index (κ3) is 3.61. The number of rotatable bonds is 3. The second-order valence-electron chi connectivity index (χ2n) is 8.94. The van der Waals surface area contributed by atoms with Crippen LogP contribution in [-0.2, 0) is 22.4 Å². The molecule has 3 aromatic rings. The molecular formula is C28H25NO5. The van der Waals surface area contributed by atoms with Gasteiger partial charge in [0.2, 0.25) is 0 Å². The molecule has 0 saturated carbocycles. The minimum Gasteiger partial charge on any atom is -0.508 e. The van der Waals surface area contributed by atoms with E-state index in [4.69, 9.17) is 0 Å². The number of amides is 1. The zero-order chi connectivity index (χ0) is 24.0. The molecule has 1 aliphatic carbocycles. The number of hydrogen-bond donors (Lipinski definition) is 3. The van der Waals surface area contributed by atoms with Gasteiger partial charge in [-0.05, 0) is 85.2 Å². The van der Waals surface area contributed by atoms with Gasteiger partial charge in [0.25, 0.3) is 11.7 Å². The normalized spacial score (nSPS) is 19.3. The van der Waals surface area contributed by atoms with E-state index in [1.54, 1.807) is 30.3 Å². The van der Waals surface area contributed by atoms with Crippen LogP contribution >= 0.6 is 0 Å². The Balaban J connectivity index is 1.72. The number of benzene rings is 3. The topological polar surface area (TPSA) is 98.1 Å². The van der Waals surface area contributed by atoms with Gasteiger partial charge in [-0.1, -0.05) is 30.3 Å². The Morgan fingerprint density at radius 1 is 0.882 bits per heavy atom. The summed E-state index contributed by atoms with van der Waals surface area (Å²) in [6, 6.07) is 15.6. The van der Waals surface area contributed by atoms with Crippen LogP contribution in [-0.4, -0.2) is 27.0 Å². The van der Waals surface area contributed by atoms with Crippen LogP contribution in [0, 0.1) is 6.92 Å². The van der Waals surface area contributed by atoms with Crippen LogP contribution in [0.25, 0.3) is 5.76 Å². The molecule has 3 N–H and O–H groups in total. The van der Waals surface area contributed by atoms with Gasteiger partial charge in [0, 0.05) is 5.56 Å². The number of Topliss-reactive ketones (excluding diaryl/α,β-unsaturated/α-hetero) is 1. The van der Waals surface area contributed by atoms with Crippen molar-refractivity contribution in [3.05, 3.63) is 94.1 Å². The van der Waals surface area contributed by atoms with E-state index in [0.29, 0.717) is 11.1 Å². The van der Waals surface area contributed by atoms with E-state index < -0.39 is 17.7 Å². The van der Waals surface area contributed by atoms with Gasteiger partial charge < -0.3 is 15.3 Å². The number of aliphatic hydroxyl groups excluding tert-OH is 1. The summed E-state index contributed by atoms with van der Waals surface area (Å²) in [7, 11) is 0. The van der Waals surface area contributed by atoms with Crippen molar-refractivity contribution in [3.63, 3.8) is 0 Å². The number of phenols is 2. The highest BCUT2D eigenvalue weighted by atomic mass is 16.3. The summed E-state index contributed by atoms with van der Waals surface area (Å²) in [5, 5.41) is 31.7. The van der Waals surface area contributed by atoms with Gasteiger partial charge in [0.05, 0.1) is 17.3 Å². The number of aromatic hydroxyl groups is 2. The van der Waals surface area contributed by atoms with E-state index in [1.165, 1.54) is 28.7 Å². The number of aliphatic hydroxyl groups is 1. The summed E-state index contributed by atoms with van der Waals surface area (Å²) < 4.78 is 0. The zero-order valence-corrected chi connectivity index (χ0v) is 18.8. The van der Waals surface area contributed by atoms with Gasteiger partial charge in [-0.2, -0.15) is 0 Å². The molecule has 0 aromatic heterocycles. The van der Waals surface area contributed by atoms with Gasteiger partial charge in [-0.3, -0.25) is 14.5 Å². The van der Waals surface area contributed by atoms with Crippen molar-refractivity contribution in [1.82, 2.24) is 0 Å². The summed E-state index contributed by atoms with van der Waals surface area (Å²) in [5.74, 6) is -2.02. The molecule has 1 fully saturated rings. The fourth-order valence-electron chi connectivity index (χ4n) is 4.92. The number of phenolic OH excluding ortho intramolecular Hbond substituents is 2. The van der Waals surface area contributed by atoms with Gasteiger partial charge in [0.1, 0.15) is 17.3 Å². The number of carbonyl (C=O) groups excluding carboxylic acids is 2. The Morgan fingerprint density at radius 3 is 2.32 bits per heavy atom. The first-order valence-electron chi connectivity index (χ1n) is 11.4. The maximum atomic E-state index is 13.3. The van der Waals surface area contributed by atoms with E-state index in [2.05, 4.69) is 0 Å². The second kappa shape index (κ2) is 8.37. The Hall–Kier alpha value is -4.06. The summed E-state index contributed by atoms with van der Waals surface area (Å²) in [4.78, 5) is 27.8. The molecule has 6 heteroatoms. The molecule has 0 radical (unpaired) electrons. The number of fused-ring (bicyclic) bond motifs is 1. The molecule has 1 atom stereocenters. The van der Waals surface area contributed by atoms with Crippen molar-refractivity contribution in [3.8, 4) is 11.5 Å². The Kier molecular flexibility index (Phi) is 5.36. The van der Waals surface area contributed by atoms with Crippen molar-refractivity contribution >= 4 is 23.1 Å². The van der Waals surface area contributed by atoms with Gasteiger partial charge in [0.15, 0.2) is 0 Å². The maximum Gasteiger partial charge on any atom is 0.300 e. The number of hydrogen-bond acceptors (Lipinski definition) is 5. The minimum absolute atomic E-state index is 0.0359. The van der Waals surface area contributed by atoms with Gasteiger partial charge >= 0.3 is 0 Å². The third-order valence-electron chi connectivity index (χ3n) is 6.67. The van der Waals surface area contributed by atoms with Crippen LogP contribution in [0.5, 0.6) is 11.5 Å². The molecule has 1 saturated heterocycles. The average molecular weight is 456 g/mol. The molecule has 1 unspecified atom stereocenters. The van der Waals surface area contributed by atoms with Crippen molar-refractivity contribution in [1.29, 1.82) is 0 Å². The second-order valence-corrected chi connectivity index (χ2v) is 8.94. The van der Waals surface area contributed by atoms with E-state index in [9.17, 15) is 24.9 Å². The molecule has 6 nitrogen and oxygen atoms in total. The zero-order valence-electron chi connectivity index (χ0n) is 18.8. The van der Waals surface area contributed by atoms with Crippen LogP contribution in [0.3, 0.4) is 0 Å². The predicted molar refractivity (Wildman–Crippen MR) is 129 cm³/mol. The first-order valence-corrected chi connectivity index (χ1v) is 11.4. The lowest BCUT2D eigenvalue weighted by Crippen LogP contribution is -2.29. The smallest absolute Gasteiger partial charge is 0.300 e. The third-order valence-corrected chi connectivity index (χ3v) is 6.67. The van der Waals surface area contributed by atoms with Crippen molar-refractivity contribution < 1.29 is 24.9 Å². The number of aryl methyl sites for hydroxylation is 3. The van der Waals surface area contributed by atoms with Crippen molar-refractivity contribution in [2.45, 2.75) is 38.6 Å². The number of anilines is 1. The SMILES string of the molecule is Cc1ccc(O)c(N2C(=O)C(=O)/C(=C(\O)c3ccc4c(c3)CCCC4)C2c2ccc(O)cc2)c1. The molecule has 1 amide bonds. The summed E-state index contributed by atoms with van der Waals surface area (Å²) in [5.41, 5.74) is 4.32. The molecule has 0 spiro atoms. The lowest BCUT2D eigenvalue weighted by Gasteiger charge is -2.26. The van der Waals surface area contributed by atoms with Crippen LogP contribution in [0.4, 0.5) is 5.69 Å². The molecule has 1 heterocycles. The minimum atomic E-state index is -0.968. The first kappa shape index (κ1) is 21.8. The number of nitrogens with zero attached hydrogens (tertiary/aromatic N) is 1. The van der Waals surface area contributed by atoms with Crippen molar-refractivity contribution in [2.24, 2.45) is 0 Å². The molecule has 3 aromatic carbocycles. The molecule has 2 aliphatic rings. The van der Waals surface area contributed by atoms with E-state index in [-0.39, 0.29) is 28.5 Å². The number of carbonyl (C=O) groups is 2. The van der Waals surface area contributed by atoms with Crippen LogP contribution in [0.1, 0.15) is 46.7 Å². The van der Waals surface area contributed by atoms with Crippen LogP contribution in [0.15, 0.2) is 66.2 Å². The van der Waals surface area contributed by atoms with Crippen LogP contribution < -0.4 is 4.90 Å². The van der Waals surface area contributed by atoms with Crippen molar-refractivity contribution in [2.75, 3.05) is 4.90 Å². The molecule has 5 rings (SSSR count). The molecule has 1 aliphatic heterocycles. The molecule has 172 valence electrons. The summed E-state index contributed by atoms with van der Waals surface area (Å²) in [6.07, 6.45) is 4.09. The Labute approximate surface area is 197 Å². The van der Waals surface area contributed by atoms with E-state index in [1.807, 2.05) is 19.1 Å². The summed E-state index contributed by atoms with van der Waals surface area (Å²) >= 11 is 0.